The lowest BCUT2D eigenvalue weighted by atomic mass is 10.1. The maximum absolute atomic E-state index is 12.0. The summed E-state index contributed by atoms with van der Waals surface area (Å²) in [4.78, 5) is 0. The Morgan fingerprint density at radius 2 is 1.95 bits per heavy atom. The summed E-state index contributed by atoms with van der Waals surface area (Å²) in [5.41, 5.74) is 0.290. The van der Waals surface area contributed by atoms with Crippen molar-refractivity contribution in [2.45, 2.75) is 18.0 Å². The summed E-state index contributed by atoms with van der Waals surface area (Å²) in [6.45, 7) is -1.17. The van der Waals surface area contributed by atoms with Crippen molar-refractivity contribution >= 4 is 10.0 Å². The molecule has 1 aromatic rings. The maximum atomic E-state index is 12.0. The van der Waals surface area contributed by atoms with E-state index < -0.39 is 34.6 Å². The van der Waals surface area contributed by atoms with Crippen molar-refractivity contribution in [1.82, 2.24) is 4.72 Å². The van der Waals surface area contributed by atoms with Crippen LogP contribution in [0.3, 0.4) is 0 Å². The molecule has 1 unspecified atom stereocenters. The second-order valence-corrected chi connectivity index (χ2v) is 5.74. The molecule has 0 aromatic heterocycles. The minimum absolute atomic E-state index is 0.120. The third-order valence-electron chi connectivity index (χ3n) is 2.36. The molecule has 0 heterocycles. The van der Waals surface area contributed by atoms with Gasteiger partial charge in [0.05, 0.1) is 17.4 Å². The summed E-state index contributed by atoms with van der Waals surface area (Å²) in [5, 5.41) is 17.5. The van der Waals surface area contributed by atoms with Crippen LogP contribution in [0.1, 0.15) is 11.1 Å². The van der Waals surface area contributed by atoms with Crippen LogP contribution in [0.25, 0.3) is 0 Å². The zero-order chi connectivity index (χ0) is 15.4. The summed E-state index contributed by atoms with van der Waals surface area (Å²) < 4.78 is 61.0. The lowest BCUT2D eigenvalue weighted by Crippen LogP contribution is -2.41. The molecule has 0 bridgehead atoms. The average molecular weight is 308 g/mol. The highest BCUT2D eigenvalue weighted by atomic mass is 32.2. The standard InChI is InChI=1S/C11H11F3N2O3S/c12-11(13,14)10(17)6-16-20(18,19)7-9-4-2-1-3-8(9)5-15/h1-4,10,16-17H,6-7H2. The Kier molecular flexibility index (Phi) is 5.10. The summed E-state index contributed by atoms with van der Waals surface area (Å²) >= 11 is 0. The van der Waals surface area contributed by atoms with Gasteiger partial charge < -0.3 is 5.11 Å². The molecule has 0 amide bonds. The molecular formula is C11H11F3N2O3S. The molecule has 0 fully saturated rings. The first kappa shape index (κ1) is 16.4. The second kappa shape index (κ2) is 6.21. The van der Waals surface area contributed by atoms with Gasteiger partial charge in [-0.25, -0.2) is 13.1 Å². The van der Waals surface area contributed by atoms with Gasteiger partial charge in [0.2, 0.25) is 10.0 Å². The van der Waals surface area contributed by atoms with E-state index in [1.165, 1.54) is 24.3 Å². The third kappa shape index (κ3) is 4.80. The van der Waals surface area contributed by atoms with E-state index in [1.807, 2.05) is 0 Å². The maximum Gasteiger partial charge on any atom is 0.415 e. The van der Waals surface area contributed by atoms with E-state index in [2.05, 4.69) is 0 Å². The van der Waals surface area contributed by atoms with Gasteiger partial charge in [-0.3, -0.25) is 0 Å². The largest absolute Gasteiger partial charge is 0.415 e. The van der Waals surface area contributed by atoms with E-state index >= 15 is 0 Å². The van der Waals surface area contributed by atoms with Crippen LogP contribution in [0.2, 0.25) is 0 Å². The van der Waals surface area contributed by atoms with Crippen LogP contribution in [0.5, 0.6) is 0 Å². The number of alkyl halides is 3. The van der Waals surface area contributed by atoms with Gasteiger partial charge in [0.25, 0.3) is 0 Å². The SMILES string of the molecule is N#Cc1ccccc1CS(=O)(=O)NCC(O)C(F)(F)F. The molecule has 0 aliphatic rings. The molecule has 0 saturated heterocycles. The highest BCUT2D eigenvalue weighted by Crippen LogP contribution is 2.19. The number of benzene rings is 1. The van der Waals surface area contributed by atoms with E-state index in [4.69, 9.17) is 10.4 Å². The number of nitrogens with one attached hydrogen (secondary N) is 1. The van der Waals surface area contributed by atoms with Crippen molar-refractivity contribution in [2.24, 2.45) is 0 Å². The van der Waals surface area contributed by atoms with Crippen LogP contribution >= 0.6 is 0 Å². The zero-order valence-corrected chi connectivity index (χ0v) is 10.9. The lowest BCUT2D eigenvalue weighted by molar-refractivity contribution is -0.200. The van der Waals surface area contributed by atoms with Gasteiger partial charge in [-0.2, -0.15) is 18.4 Å². The molecule has 5 nitrogen and oxygen atoms in total. The number of halogens is 3. The van der Waals surface area contributed by atoms with E-state index in [0.717, 1.165) is 0 Å². The molecule has 1 rings (SSSR count). The van der Waals surface area contributed by atoms with Crippen molar-refractivity contribution < 1.29 is 26.7 Å². The van der Waals surface area contributed by atoms with Gasteiger partial charge in [0.1, 0.15) is 0 Å². The smallest absolute Gasteiger partial charge is 0.382 e. The van der Waals surface area contributed by atoms with Crippen LogP contribution in [0, 0.1) is 11.3 Å². The molecule has 0 aliphatic carbocycles. The van der Waals surface area contributed by atoms with Crippen molar-refractivity contribution in [2.75, 3.05) is 6.54 Å². The first-order valence-electron chi connectivity index (χ1n) is 5.36. The number of hydrogen-bond donors (Lipinski definition) is 2. The van der Waals surface area contributed by atoms with Crippen molar-refractivity contribution in [3.05, 3.63) is 35.4 Å². The summed E-state index contributed by atoms with van der Waals surface area (Å²) in [7, 11) is -4.08. The Hall–Kier alpha value is -1.63. The van der Waals surface area contributed by atoms with Gasteiger partial charge in [-0.1, -0.05) is 18.2 Å². The predicted octanol–water partition coefficient (Wildman–Crippen LogP) is 0.901. The van der Waals surface area contributed by atoms with Gasteiger partial charge in [-0.05, 0) is 11.6 Å². The Balaban J connectivity index is 2.74. The van der Waals surface area contributed by atoms with Crippen LogP contribution < -0.4 is 4.72 Å². The molecule has 0 aliphatic heterocycles. The Morgan fingerprint density at radius 1 is 1.35 bits per heavy atom. The summed E-state index contributed by atoms with van der Waals surface area (Å²) in [6, 6.07) is 7.62. The topological polar surface area (TPSA) is 90.2 Å². The van der Waals surface area contributed by atoms with Crippen molar-refractivity contribution in [3.63, 3.8) is 0 Å². The van der Waals surface area contributed by atoms with Gasteiger partial charge in [0, 0.05) is 6.54 Å². The Bertz CT molecular complexity index is 608. The summed E-state index contributed by atoms with van der Waals surface area (Å²) in [6.07, 6.45) is -7.67. The van der Waals surface area contributed by atoms with Crippen molar-refractivity contribution in [1.29, 1.82) is 5.26 Å². The third-order valence-corrected chi connectivity index (χ3v) is 3.66. The fraction of sp³-hybridized carbons (Fsp3) is 0.364. The molecule has 0 spiro atoms. The fourth-order valence-electron chi connectivity index (χ4n) is 1.33. The van der Waals surface area contributed by atoms with Gasteiger partial charge in [0.15, 0.2) is 6.10 Å². The summed E-state index contributed by atoms with van der Waals surface area (Å²) in [5.74, 6) is -0.638. The predicted molar refractivity (Wildman–Crippen MR) is 63.8 cm³/mol. The number of sulfonamides is 1. The van der Waals surface area contributed by atoms with E-state index in [0.29, 0.717) is 0 Å². The van der Waals surface area contributed by atoms with Crippen molar-refractivity contribution in [3.8, 4) is 6.07 Å². The number of rotatable bonds is 5. The average Bonchev–Trinajstić information content (AvgIpc) is 2.35. The number of nitriles is 1. The zero-order valence-electron chi connectivity index (χ0n) is 10.1. The quantitative estimate of drug-likeness (QED) is 0.845. The number of hydrogen-bond acceptors (Lipinski definition) is 4. The minimum atomic E-state index is -4.90. The molecule has 1 aromatic carbocycles. The highest BCUT2D eigenvalue weighted by molar-refractivity contribution is 7.88. The monoisotopic (exact) mass is 308 g/mol. The first-order valence-corrected chi connectivity index (χ1v) is 7.01. The normalized spacial score (nSPS) is 13.8. The van der Waals surface area contributed by atoms with Crippen LogP contribution in [0.15, 0.2) is 24.3 Å². The van der Waals surface area contributed by atoms with Gasteiger partial charge >= 0.3 is 6.18 Å². The molecule has 2 N–H and O–H groups in total. The molecule has 20 heavy (non-hydrogen) atoms. The van der Waals surface area contributed by atoms with E-state index in [-0.39, 0.29) is 11.1 Å². The van der Waals surface area contributed by atoms with Crippen LogP contribution in [-0.4, -0.2) is 32.3 Å². The van der Waals surface area contributed by atoms with Crippen LogP contribution in [0.4, 0.5) is 13.2 Å². The van der Waals surface area contributed by atoms with E-state index in [9.17, 15) is 21.6 Å². The molecule has 0 radical (unpaired) electrons. The first-order chi connectivity index (χ1) is 9.15. The molecule has 0 saturated carbocycles. The fourth-order valence-corrected chi connectivity index (χ4v) is 2.51. The van der Waals surface area contributed by atoms with E-state index in [1.54, 1.807) is 10.8 Å². The Morgan fingerprint density at radius 3 is 2.50 bits per heavy atom. The minimum Gasteiger partial charge on any atom is -0.382 e. The number of aliphatic hydroxyl groups is 1. The lowest BCUT2D eigenvalue weighted by Gasteiger charge is -2.15. The van der Waals surface area contributed by atoms with Gasteiger partial charge in [-0.15, -0.1) is 0 Å². The highest BCUT2D eigenvalue weighted by Gasteiger charge is 2.38. The molecule has 110 valence electrons. The second-order valence-electron chi connectivity index (χ2n) is 3.93. The number of aliphatic hydroxyl groups excluding tert-OH is 1. The molecular weight excluding hydrogens is 297 g/mol. The Labute approximate surface area is 113 Å². The molecule has 1 atom stereocenters. The molecule has 9 heteroatoms. The number of nitrogens with zero attached hydrogens (tertiary/aromatic N) is 1. The van der Waals surface area contributed by atoms with Crippen LogP contribution in [-0.2, 0) is 15.8 Å².